The first-order chi connectivity index (χ1) is 8.41. The summed E-state index contributed by atoms with van der Waals surface area (Å²) in [5.41, 5.74) is 0.176. The molecule has 4 nitrogen and oxygen atoms in total. The van der Waals surface area contributed by atoms with Gasteiger partial charge in [0.2, 0.25) is 0 Å². The second kappa shape index (κ2) is 17.4. The number of hydrogen-bond donors (Lipinski definition) is 2. The summed E-state index contributed by atoms with van der Waals surface area (Å²) >= 11 is 0. The van der Waals surface area contributed by atoms with Crippen molar-refractivity contribution in [1.82, 2.24) is 0 Å². The Morgan fingerprint density at radius 1 is 1.00 bits per heavy atom. The van der Waals surface area contributed by atoms with Gasteiger partial charge in [0, 0.05) is 12.0 Å². The third-order valence-electron chi connectivity index (χ3n) is 2.36. The van der Waals surface area contributed by atoms with Crippen LogP contribution in [-0.4, -0.2) is 45.2 Å². The van der Waals surface area contributed by atoms with Crippen LogP contribution in [-0.2, 0) is 9.59 Å². The van der Waals surface area contributed by atoms with Gasteiger partial charge >= 0.3 is 35.0 Å². The van der Waals surface area contributed by atoms with Gasteiger partial charge in [-0.05, 0) is 13.3 Å². The van der Waals surface area contributed by atoms with Crippen molar-refractivity contribution in [2.45, 2.75) is 65.2 Å². The number of aliphatic carboxylic acids is 2. The fourth-order valence-electron chi connectivity index (χ4n) is 1.23. The number of carbonyl (C=O) groups is 2. The molecule has 0 saturated heterocycles. The van der Waals surface area contributed by atoms with Gasteiger partial charge in [0.25, 0.3) is 0 Å². The molecule has 0 atom stereocenters. The minimum atomic E-state index is -0.935. The molecule has 0 radical (unpaired) electrons. The Balaban J connectivity index is -0.0000000830. The molecule has 0 fully saturated rings. The largest absolute Gasteiger partial charge is 2.00 e. The summed E-state index contributed by atoms with van der Waals surface area (Å²) < 4.78 is 0. The molecule has 0 spiro atoms. The predicted octanol–water partition coefficient (Wildman–Crippen LogP) is 3.70. The van der Waals surface area contributed by atoms with Crippen LogP contribution < -0.4 is 0 Å². The molecule has 0 rings (SSSR count). The molecule has 0 amide bonds. The second-order valence-corrected chi connectivity index (χ2v) is 4.35. The number of unbranched alkanes of at least 4 members (excludes halogenated alkanes) is 6. The molecule has 2 N–H and O–H groups in total. The van der Waals surface area contributed by atoms with Crippen LogP contribution in [0.1, 0.15) is 68.1 Å². The Labute approximate surface area is 135 Å². The van der Waals surface area contributed by atoms with E-state index in [0.717, 1.165) is 12.8 Å². The zero-order valence-electron chi connectivity index (χ0n) is 14.3. The smallest absolute Gasteiger partial charge is 1.00 e. The molecule has 5 heteroatoms. The average Bonchev–Trinajstić information content (AvgIpc) is 2.28. The van der Waals surface area contributed by atoms with Crippen molar-refractivity contribution in [3.63, 3.8) is 0 Å². The Hall–Kier alpha value is -0.554. The van der Waals surface area contributed by atoms with E-state index in [1.54, 1.807) is 0 Å². The number of rotatable bonds is 9. The predicted molar refractivity (Wildman–Crippen MR) is 80.7 cm³/mol. The molecule has 0 unspecified atom stereocenters. The first-order valence-corrected chi connectivity index (χ1v) is 6.52. The molecule has 110 valence electrons. The average molecular weight is 285 g/mol. The van der Waals surface area contributed by atoms with Crippen molar-refractivity contribution in [2.75, 3.05) is 0 Å². The maximum Gasteiger partial charge on any atom is 2.00 e. The Morgan fingerprint density at radius 2 is 1.37 bits per heavy atom. The van der Waals surface area contributed by atoms with E-state index in [-0.39, 0.29) is 31.5 Å². The Kier molecular flexibility index (Phi) is 21.6. The van der Waals surface area contributed by atoms with Gasteiger partial charge in [0.1, 0.15) is 0 Å². The van der Waals surface area contributed by atoms with E-state index in [9.17, 15) is 9.59 Å². The summed E-state index contributed by atoms with van der Waals surface area (Å²) in [4.78, 5) is 19.7. The summed E-state index contributed by atoms with van der Waals surface area (Å²) in [5.74, 6) is -1.60. The van der Waals surface area contributed by atoms with Crippen molar-refractivity contribution in [3.05, 3.63) is 12.2 Å². The molecule has 0 aliphatic rings. The van der Waals surface area contributed by atoms with Gasteiger partial charge in [-0.3, -0.25) is 4.79 Å². The van der Waals surface area contributed by atoms with Gasteiger partial charge in [-0.1, -0.05) is 52.0 Å². The molecular weight excluding hydrogens is 256 g/mol. The normalized spacial score (nSPS) is 8.74. The summed E-state index contributed by atoms with van der Waals surface area (Å²) in [6.45, 7) is 6.80. The number of carboxylic acids is 2. The summed E-state index contributed by atoms with van der Waals surface area (Å²) in [7, 11) is 0. The quantitative estimate of drug-likeness (QED) is 0.384. The van der Waals surface area contributed by atoms with Crippen LogP contribution in [0.3, 0.4) is 0 Å². The minimum absolute atomic E-state index is 0. The third-order valence-corrected chi connectivity index (χ3v) is 2.36. The fraction of sp³-hybridized carbons (Fsp3) is 0.714. The summed E-state index contributed by atoms with van der Waals surface area (Å²) in [5, 5.41) is 16.2. The molecule has 0 aromatic heterocycles. The van der Waals surface area contributed by atoms with Crippen molar-refractivity contribution in [3.8, 4) is 0 Å². The zero-order chi connectivity index (χ0) is 14.4. The SMILES string of the molecule is C=C(C)C(=O)O.CCCCCCCCCC(=O)O.[H-].[H-].[Mg+2]. The van der Waals surface area contributed by atoms with Gasteiger partial charge in [0.15, 0.2) is 0 Å². The van der Waals surface area contributed by atoms with Crippen LogP contribution in [0.25, 0.3) is 0 Å². The zero-order valence-corrected chi connectivity index (χ0v) is 13.7. The van der Waals surface area contributed by atoms with Gasteiger partial charge in [-0.15, -0.1) is 0 Å². The first-order valence-electron chi connectivity index (χ1n) is 6.52. The molecule has 0 saturated carbocycles. The van der Waals surface area contributed by atoms with E-state index in [1.165, 1.54) is 39.0 Å². The fourth-order valence-corrected chi connectivity index (χ4v) is 1.23. The van der Waals surface area contributed by atoms with Crippen LogP contribution in [0.15, 0.2) is 12.2 Å². The number of hydrogen-bond acceptors (Lipinski definition) is 2. The standard InChI is InChI=1S/C10H20O2.C4H6O2.Mg.2H/c1-2-3-4-5-6-7-8-9-10(11)12;1-3(2)4(5)6;;;/h2-9H2,1H3,(H,11,12);1H2,2H3,(H,5,6);;;/q;;+2;2*-1. The third kappa shape index (κ3) is 26.9. The summed E-state index contributed by atoms with van der Waals surface area (Å²) in [6.07, 6.45) is 8.64. The molecule has 19 heavy (non-hydrogen) atoms. The minimum Gasteiger partial charge on any atom is -1.00 e. The van der Waals surface area contributed by atoms with Gasteiger partial charge < -0.3 is 13.1 Å². The van der Waals surface area contributed by atoms with Gasteiger partial charge in [0.05, 0.1) is 0 Å². The molecule has 0 aromatic carbocycles. The molecule has 0 bridgehead atoms. The van der Waals surface area contributed by atoms with Crippen LogP contribution in [0.4, 0.5) is 0 Å². The van der Waals surface area contributed by atoms with E-state index in [4.69, 9.17) is 10.2 Å². The maximum atomic E-state index is 10.1. The van der Waals surface area contributed by atoms with Crippen LogP contribution >= 0.6 is 0 Å². The van der Waals surface area contributed by atoms with E-state index in [1.807, 2.05) is 0 Å². The van der Waals surface area contributed by atoms with Crippen LogP contribution in [0.2, 0.25) is 0 Å². The first kappa shape index (κ1) is 23.5. The molecule has 0 aliphatic carbocycles. The van der Waals surface area contributed by atoms with Crippen molar-refractivity contribution in [1.29, 1.82) is 0 Å². The van der Waals surface area contributed by atoms with Crippen molar-refractivity contribution >= 4 is 35.0 Å². The Bertz CT molecular complexity index is 249. The molecule has 0 aromatic rings. The topological polar surface area (TPSA) is 74.6 Å². The van der Waals surface area contributed by atoms with Crippen molar-refractivity contribution < 1.29 is 22.7 Å². The van der Waals surface area contributed by atoms with Crippen molar-refractivity contribution in [2.24, 2.45) is 0 Å². The van der Waals surface area contributed by atoms with E-state index in [0.29, 0.717) is 6.42 Å². The summed E-state index contributed by atoms with van der Waals surface area (Å²) in [6, 6.07) is 0. The van der Waals surface area contributed by atoms with Gasteiger partial charge in [-0.2, -0.15) is 0 Å². The molecule has 0 aliphatic heterocycles. The second-order valence-electron chi connectivity index (χ2n) is 4.35. The molecular formula is C14H28MgO4. The van der Waals surface area contributed by atoms with E-state index >= 15 is 0 Å². The number of carboxylic acid groups (broad SMARTS) is 2. The molecule has 0 heterocycles. The van der Waals surface area contributed by atoms with E-state index in [2.05, 4.69) is 13.5 Å². The van der Waals surface area contributed by atoms with Crippen LogP contribution in [0, 0.1) is 0 Å². The van der Waals surface area contributed by atoms with Gasteiger partial charge in [-0.25, -0.2) is 4.79 Å². The van der Waals surface area contributed by atoms with Crippen LogP contribution in [0.5, 0.6) is 0 Å². The Morgan fingerprint density at radius 3 is 1.68 bits per heavy atom. The van der Waals surface area contributed by atoms with E-state index < -0.39 is 11.9 Å². The maximum absolute atomic E-state index is 10.1. The monoisotopic (exact) mass is 284 g/mol.